The van der Waals surface area contributed by atoms with Gasteiger partial charge < -0.3 is 10.6 Å². The molecule has 2 nitrogen and oxygen atoms in total. The number of nitrogens with two attached hydrogens (primary N) is 1. The van der Waals surface area contributed by atoms with Crippen molar-refractivity contribution in [2.45, 2.75) is 61.1 Å². The summed E-state index contributed by atoms with van der Waals surface area (Å²) in [5.41, 5.74) is 9.18. The highest BCUT2D eigenvalue weighted by Gasteiger charge is 2.42. The fourth-order valence-electron chi connectivity index (χ4n) is 5.73. The van der Waals surface area contributed by atoms with Crippen LogP contribution in [0, 0.1) is 0 Å². The molecule has 1 aliphatic rings. The molecular formula is C23H21B10ClN2. The lowest BCUT2D eigenvalue weighted by Gasteiger charge is -2.58. The maximum Gasteiger partial charge on any atom is 0.113 e. The molecule has 20 radical (unpaired) electrons. The molecule has 0 fully saturated rings. The van der Waals surface area contributed by atoms with Crippen LogP contribution in [0.5, 0.6) is 0 Å². The summed E-state index contributed by atoms with van der Waals surface area (Å²) in [4.78, 5) is 1.45. The predicted octanol–water partition coefficient (Wildman–Crippen LogP) is -3.14. The van der Waals surface area contributed by atoms with E-state index in [2.05, 4.69) is 0 Å². The van der Waals surface area contributed by atoms with Crippen molar-refractivity contribution in [3.63, 3.8) is 0 Å². The Morgan fingerprint density at radius 1 is 0.889 bits per heavy atom. The Morgan fingerprint density at radius 3 is 1.92 bits per heavy atom. The summed E-state index contributed by atoms with van der Waals surface area (Å²) >= 11 is 6.38. The highest BCUT2D eigenvalue weighted by molar-refractivity contribution is 6.67. The number of hydrogen-bond acceptors (Lipinski definition) is 2. The average Bonchev–Trinajstić information content (AvgIpc) is 3.11. The van der Waals surface area contributed by atoms with Crippen LogP contribution >= 0.6 is 11.6 Å². The summed E-state index contributed by atoms with van der Waals surface area (Å²) in [6.45, 7) is 3.73. The van der Waals surface area contributed by atoms with E-state index in [0.717, 1.165) is 11.1 Å². The standard InChI is InChI=1S/C23H21B10ClN2/c1-21(2,36(23(31,32)33)22(29,30)9-35)6-5-10-7-14(12-4-3-11(34)8-13(10)12)15-16(24)18(26)20(28)19(27)17(15)25/h3-4,8,10,14H,5-7,9,35H2,1-2H3/t10-,14-/m1/s1. The van der Waals surface area contributed by atoms with Gasteiger partial charge in [-0.05, 0) is 74.2 Å². The van der Waals surface area contributed by atoms with Gasteiger partial charge in [-0.25, -0.2) is 0 Å². The monoisotopic (exact) mass is 470 g/mol. The van der Waals surface area contributed by atoms with Crippen LogP contribution in [-0.2, 0) is 0 Å². The van der Waals surface area contributed by atoms with Crippen molar-refractivity contribution in [2.24, 2.45) is 5.73 Å². The van der Waals surface area contributed by atoms with Gasteiger partial charge in [-0.15, -0.1) is 27.3 Å². The van der Waals surface area contributed by atoms with Crippen LogP contribution in [0.3, 0.4) is 0 Å². The van der Waals surface area contributed by atoms with Crippen LogP contribution in [0.4, 0.5) is 0 Å². The fraction of sp³-hybridized carbons (Fsp3) is 0.478. The zero-order chi connectivity index (χ0) is 27.4. The molecule has 0 aromatic heterocycles. The van der Waals surface area contributed by atoms with E-state index in [4.69, 9.17) is 95.8 Å². The molecule has 13 heteroatoms. The lowest BCUT2D eigenvalue weighted by Crippen LogP contribution is -2.72. The third-order valence-corrected chi connectivity index (χ3v) is 7.55. The maximum atomic E-state index is 6.40. The SMILES string of the molecule is [B]c1c([B])c([B])c([C@@H]2C[C@@H](CCC(C)(C)N(C([B])([B])[B])C([B])([B])CN)c3cc(Cl)ccc32)c([B])c1[B]. The second-order valence-corrected chi connectivity index (χ2v) is 10.9. The highest BCUT2D eigenvalue weighted by atomic mass is 35.5. The van der Waals surface area contributed by atoms with Gasteiger partial charge >= 0.3 is 0 Å². The Hall–Kier alpha value is -0.701. The van der Waals surface area contributed by atoms with Crippen molar-refractivity contribution in [3.05, 3.63) is 39.9 Å². The lowest BCUT2D eigenvalue weighted by molar-refractivity contribution is 0.0712. The largest absolute Gasteiger partial charge is 0.330 e. The van der Waals surface area contributed by atoms with Gasteiger partial charge in [-0.1, -0.05) is 28.5 Å². The van der Waals surface area contributed by atoms with Gasteiger partial charge in [-0.2, -0.15) is 0 Å². The Labute approximate surface area is 234 Å². The predicted molar refractivity (Wildman–Crippen MR) is 162 cm³/mol. The molecule has 1 aliphatic carbocycles. The molecule has 2 aromatic carbocycles. The second kappa shape index (κ2) is 10.5. The quantitative estimate of drug-likeness (QED) is 0.415. The van der Waals surface area contributed by atoms with Crippen molar-refractivity contribution in [3.8, 4) is 0 Å². The molecule has 0 bridgehead atoms. The molecule has 3 rings (SSSR count). The minimum atomic E-state index is -1.80. The van der Waals surface area contributed by atoms with Crippen molar-refractivity contribution >= 4 is 117 Å². The molecule has 36 heavy (non-hydrogen) atoms. The lowest BCUT2D eigenvalue weighted by atomic mass is 9.43. The number of fused-ring (bicyclic) bond motifs is 1. The third-order valence-electron chi connectivity index (χ3n) is 7.31. The molecule has 0 aliphatic heterocycles. The average molecular weight is 469 g/mol. The van der Waals surface area contributed by atoms with Crippen LogP contribution in [-0.4, -0.2) is 106 Å². The van der Waals surface area contributed by atoms with Crippen LogP contribution in [0.15, 0.2) is 18.2 Å². The van der Waals surface area contributed by atoms with E-state index < -0.39 is 16.1 Å². The van der Waals surface area contributed by atoms with E-state index in [1.165, 1.54) is 4.90 Å². The molecule has 0 heterocycles. The Morgan fingerprint density at radius 2 is 1.42 bits per heavy atom. The first kappa shape index (κ1) is 29.8. The molecule has 2 N–H and O–H groups in total. The van der Waals surface area contributed by atoms with Gasteiger partial charge in [0.1, 0.15) is 39.2 Å². The maximum absolute atomic E-state index is 6.40. The van der Waals surface area contributed by atoms with Crippen LogP contribution < -0.4 is 33.0 Å². The minimum Gasteiger partial charge on any atom is -0.330 e. The molecule has 2 aromatic rings. The fourth-order valence-corrected chi connectivity index (χ4v) is 5.91. The smallest absolute Gasteiger partial charge is 0.113 e. The first-order valence-corrected chi connectivity index (χ1v) is 12.1. The van der Waals surface area contributed by atoms with E-state index in [0.29, 0.717) is 40.8 Å². The van der Waals surface area contributed by atoms with Crippen molar-refractivity contribution < 1.29 is 0 Å². The number of hydrogen-bond donors (Lipinski definition) is 1. The molecular weight excluding hydrogens is 448 g/mol. The van der Waals surface area contributed by atoms with Crippen LogP contribution in [0.1, 0.15) is 61.6 Å². The zero-order valence-electron chi connectivity index (χ0n) is 20.9. The number of benzene rings is 2. The number of halogens is 1. The minimum absolute atomic E-state index is 0.0779. The zero-order valence-corrected chi connectivity index (χ0v) is 21.6. The molecule has 160 valence electrons. The summed E-state index contributed by atoms with van der Waals surface area (Å²) in [7, 11) is 61.8. The summed E-state index contributed by atoms with van der Waals surface area (Å²) in [6, 6.07) is 5.77. The van der Waals surface area contributed by atoms with Gasteiger partial charge in [0, 0.05) is 16.5 Å². The summed E-state index contributed by atoms with van der Waals surface area (Å²) in [5, 5.41) is -2.70. The Balaban J connectivity index is 2.00. The van der Waals surface area contributed by atoms with E-state index in [1.54, 1.807) is 0 Å². The van der Waals surface area contributed by atoms with E-state index in [9.17, 15) is 0 Å². The van der Waals surface area contributed by atoms with Crippen LogP contribution in [0.2, 0.25) is 5.02 Å². The van der Waals surface area contributed by atoms with E-state index in [1.807, 2.05) is 32.0 Å². The summed E-state index contributed by atoms with van der Waals surface area (Å²) < 4.78 is 0. The van der Waals surface area contributed by atoms with Gasteiger partial charge in [0.25, 0.3) is 0 Å². The Kier molecular flexibility index (Phi) is 8.67. The van der Waals surface area contributed by atoms with Crippen molar-refractivity contribution in [1.82, 2.24) is 4.90 Å². The van der Waals surface area contributed by atoms with Gasteiger partial charge in [0.2, 0.25) is 0 Å². The number of nitrogens with zero attached hydrogens (tertiary/aromatic N) is 1. The van der Waals surface area contributed by atoms with Gasteiger partial charge in [0.15, 0.2) is 0 Å². The molecule has 2 atom stereocenters. The topological polar surface area (TPSA) is 29.3 Å². The first-order chi connectivity index (χ1) is 16.4. The van der Waals surface area contributed by atoms with Crippen molar-refractivity contribution in [1.29, 1.82) is 0 Å². The second-order valence-electron chi connectivity index (χ2n) is 10.5. The third kappa shape index (κ3) is 5.52. The highest BCUT2D eigenvalue weighted by Crippen LogP contribution is 2.48. The first-order valence-electron chi connectivity index (χ1n) is 11.7. The summed E-state index contributed by atoms with van der Waals surface area (Å²) in [5.74, 6) is -0.0781. The number of rotatable bonds is 8. The Bertz CT molecular complexity index is 1120. The van der Waals surface area contributed by atoms with Gasteiger partial charge in [0.05, 0.1) is 39.2 Å². The van der Waals surface area contributed by atoms with Crippen molar-refractivity contribution in [2.75, 3.05) is 6.54 Å². The molecule has 0 amide bonds. The van der Waals surface area contributed by atoms with Crippen LogP contribution in [0.25, 0.3) is 0 Å². The molecule has 0 saturated heterocycles. The van der Waals surface area contributed by atoms with E-state index >= 15 is 0 Å². The van der Waals surface area contributed by atoms with Gasteiger partial charge in [-0.3, -0.25) is 0 Å². The normalized spacial score (nSPS) is 18.5. The molecule has 0 unspecified atom stereocenters. The molecule has 0 saturated carbocycles. The molecule has 0 spiro atoms. The summed E-state index contributed by atoms with van der Waals surface area (Å²) in [6.07, 6.45) is 1.97. The van der Waals surface area contributed by atoms with E-state index in [-0.39, 0.29) is 34.8 Å².